The van der Waals surface area contributed by atoms with Crippen LogP contribution in [0, 0.1) is 12.8 Å². The molecule has 96 valence electrons. The van der Waals surface area contributed by atoms with Crippen LogP contribution in [0.4, 0.5) is 0 Å². The molecule has 17 heavy (non-hydrogen) atoms. The van der Waals surface area contributed by atoms with Crippen molar-refractivity contribution in [2.75, 3.05) is 19.7 Å². The van der Waals surface area contributed by atoms with E-state index in [0.717, 1.165) is 5.75 Å². The molecule has 0 radical (unpaired) electrons. The van der Waals surface area contributed by atoms with E-state index in [1.54, 1.807) is 0 Å². The molecule has 1 aromatic rings. The molecule has 4 N–H and O–H groups in total. The van der Waals surface area contributed by atoms with Gasteiger partial charge in [-0.1, -0.05) is 24.6 Å². The zero-order valence-electron chi connectivity index (χ0n) is 11.1. The van der Waals surface area contributed by atoms with Gasteiger partial charge in [-0.25, -0.2) is 0 Å². The fraction of sp³-hybridized carbons (Fsp3) is 0.571. The van der Waals surface area contributed by atoms with E-state index in [9.17, 15) is 0 Å². The van der Waals surface area contributed by atoms with Crippen molar-refractivity contribution in [3.05, 3.63) is 29.3 Å². The van der Waals surface area contributed by atoms with Gasteiger partial charge in [0.1, 0.15) is 5.75 Å². The minimum atomic E-state index is 0.302. The van der Waals surface area contributed by atoms with Gasteiger partial charge in [0.25, 0.3) is 0 Å². The van der Waals surface area contributed by atoms with Crippen molar-refractivity contribution in [2.45, 2.75) is 26.7 Å². The van der Waals surface area contributed by atoms with Gasteiger partial charge in [-0.05, 0) is 50.4 Å². The van der Waals surface area contributed by atoms with Crippen molar-refractivity contribution in [3.63, 3.8) is 0 Å². The third kappa shape index (κ3) is 3.45. The summed E-state index contributed by atoms with van der Waals surface area (Å²) in [5.41, 5.74) is 14.0. The van der Waals surface area contributed by atoms with Crippen LogP contribution in [0.15, 0.2) is 18.2 Å². The van der Waals surface area contributed by atoms with Crippen LogP contribution in [0.25, 0.3) is 0 Å². The van der Waals surface area contributed by atoms with E-state index in [1.165, 1.54) is 11.1 Å². The molecule has 0 heterocycles. The van der Waals surface area contributed by atoms with Crippen LogP contribution in [-0.4, -0.2) is 19.7 Å². The van der Waals surface area contributed by atoms with E-state index < -0.39 is 0 Å². The number of benzene rings is 1. The first-order valence-corrected chi connectivity index (χ1v) is 6.27. The van der Waals surface area contributed by atoms with E-state index in [-0.39, 0.29) is 0 Å². The predicted molar refractivity (Wildman–Crippen MR) is 72.4 cm³/mol. The largest absolute Gasteiger partial charge is 0.494 e. The molecule has 1 unspecified atom stereocenters. The van der Waals surface area contributed by atoms with Gasteiger partial charge in [0, 0.05) is 0 Å². The van der Waals surface area contributed by atoms with Crippen LogP contribution >= 0.6 is 0 Å². The molecule has 0 aliphatic rings. The maximum absolute atomic E-state index is 5.76. The van der Waals surface area contributed by atoms with Crippen molar-refractivity contribution < 1.29 is 4.74 Å². The maximum atomic E-state index is 5.76. The van der Waals surface area contributed by atoms with Crippen LogP contribution in [-0.2, 0) is 0 Å². The Labute approximate surface area is 104 Å². The van der Waals surface area contributed by atoms with Gasteiger partial charge in [-0.3, -0.25) is 0 Å². The molecule has 1 atom stereocenters. The topological polar surface area (TPSA) is 61.3 Å². The van der Waals surface area contributed by atoms with Gasteiger partial charge in [-0.15, -0.1) is 0 Å². The summed E-state index contributed by atoms with van der Waals surface area (Å²) in [5.74, 6) is 1.58. The van der Waals surface area contributed by atoms with Crippen LogP contribution in [0.5, 0.6) is 5.75 Å². The summed E-state index contributed by atoms with van der Waals surface area (Å²) >= 11 is 0. The maximum Gasteiger partial charge on any atom is 0.122 e. The van der Waals surface area contributed by atoms with Gasteiger partial charge in [0.2, 0.25) is 0 Å². The standard InChI is InChI=1S/C14H24N2O/c1-4-17-14-6-5-10(2)7-13(14)11(3)12(8-15)9-16/h5-7,11-12H,4,8-9,15-16H2,1-3H3. The summed E-state index contributed by atoms with van der Waals surface area (Å²) in [6, 6.07) is 6.28. The molecule has 0 aromatic heterocycles. The fourth-order valence-corrected chi connectivity index (χ4v) is 2.07. The highest BCUT2D eigenvalue weighted by molar-refractivity contribution is 5.39. The molecule has 0 aliphatic carbocycles. The Morgan fingerprint density at radius 3 is 2.41 bits per heavy atom. The smallest absolute Gasteiger partial charge is 0.122 e. The highest BCUT2D eigenvalue weighted by atomic mass is 16.5. The molecular weight excluding hydrogens is 212 g/mol. The van der Waals surface area contributed by atoms with E-state index in [2.05, 4.69) is 26.0 Å². The molecular formula is C14H24N2O. The number of rotatable bonds is 6. The van der Waals surface area contributed by atoms with Gasteiger partial charge in [0.05, 0.1) is 6.61 Å². The molecule has 0 spiro atoms. The zero-order chi connectivity index (χ0) is 12.8. The quantitative estimate of drug-likeness (QED) is 0.794. The minimum Gasteiger partial charge on any atom is -0.494 e. The molecule has 3 heteroatoms. The number of hydrogen-bond donors (Lipinski definition) is 2. The lowest BCUT2D eigenvalue weighted by Gasteiger charge is -2.24. The Morgan fingerprint density at radius 1 is 1.24 bits per heavy atom. The summed E-state index contributed by atoms with van der Waals surface area (Å²) in [7, 11) is 0. The van der Waals surface area contributed by atoms with Gasteiger partial charge >= 0.3 is 0 Å². The average Bonchev–Trinajstić information content (AvgIpc) is 2.33. The summed E-state index contributed by atoms with van der Waals surface area (Å²) in [6.45, 7) is 8.15. The molecule has 0 aliphatic heterocycles. The lowest BCUT2D eigenvalue weighted by Crippen LogP contribution is -2.28. The van der Waals surface area contributed by atoms with E-state index in [0.29, 0.717) is 31.5 Å². The minimum absolute atomic E-state index is 0.302. The first-order valence-electron chi connectivity index (χ1n) is 6.27. The zero-order valence-corrected chi connectivity index (χ0v) is 11.1. The third-order valence-corrected chi connectivity index (χ3v) is 3.27. The van der Waals surface area contributed by atoms with Crippen molar-refractivity contribution >= 4 is 0 Å². The molecule has 1 aromatic carbocycles. The Balaban J connectivity index is 3.04. The van der Waals surface area contributed by atoms with Crippen molar-refractivity contribution in [1.82, 2.24) is 0 Å². The predicted octanol–water partition coefficient (Wildman–Crippen LogP) is 2.03. The number of ether oxygens (including phenoxy) is 1. The van der Waals surface area contributed by atoms with Crippen LogP contribution < -0.4 is 16.2 Å². The fourth-order valence-electron chi connectivity index (χ4n) is 2.07. The summed E-state index contributed by atoms with van der Waals surface area (Å²) < 4.78 is 5.67. The second-order valence-corrected chi connectivity index (χ2v) is 4.49. The SMILES string of the molecule is CCOc1ccc(C)cc1C(C)C(CN)CN. The van der Waals surface area contributed by atoms with Gasteiger partial charge < -0.3 is 16.2 Å². The van der Waals surface area contributed by atoms with E-state index in [1.807, 2.05) is 13.0 Å². The van der Waals surface area contributed by atoms with Gasteiger partial charge in [0.15, 0.2) is 0 Å². The third-order valence-electron chi connectivity index (χ3n) is 3.27. The average molecular weight is 236 g/mol. The lowest BCUT2D eigenvalue weighted by molar-refractivity contribution is 0.329. The first kappa shape index (κ1) is 14.0. The lowest BCUT2D eigenvalue weighted by atomic mass is 9.86. The number of aryl methyl sites for hydroxylation is 1. The number of hydrogen-bond acceptors (Lipinski definition) is 3. The monoisotopic (exact) mass is 236 g/mol. The van der Waals surface area contributed by atoms with Crippen molar-refractivity contribution in [1.29, 1.82) is 0 Å². The Hall–Kier alpha value is -1.06. The molecule has 0 fully saturated rings. The van der Waals surface area contributed by atoms with Crippen molar-refractivity contribution in [2.24, 2.45) is 17.4 Å². The molecule has 0 saturated carbocycles. The highest BCUT2D eigenvalue weighted by Gasteiger charge is 2.19. The second kappa shape index (κ2) is 6.62. The highest BCUT2D eigenvalue weighted by Crippen LogP contribution is 2.32. The van der Waals surface area contributed by atoms with Crippen LogP contribution in [0.2, 0.25) is 0 Å². The van der Waals surface area contributed by atoms with Crippen molar-refractivity contribution in [3.8, 4) is 5.75 Å². The molecule has 1 rings (SSSR count). The molecule has 0 bridgehead atoms. The molecule has 0 amide bonds. The summed E-state index contributed by atoms with van der Waals surface area (Å²) in [6.07, 6.45) is 0. The Kier molecular flexibility index (Phi) is 5.45. The van der Waals surface area contributed by atoms with E-state index >= 15 is 0 Å². The second-order valence-electron chi connectivity index (χ2n) is 4.49. The Bertz CT molecular complexity index is 348. The van der Waals surface area contributed by atoms with Gasteiger partial charge in [-0.2, -0.15) is 0 Å². The van der Waals surface area contributed by atoms with Crippen LogP contribution in [0.1, 0.15) is 30.9 Å². The van der Waals surface area contributed by atoms with E-state index in [4.69, 9.17) is 16.2 Å². The Morgan fingerprint density at radius 2 is 1.88 bits per heavy atom. The number of nitrogens with two attached hydrogens (primary N) is 2. The normalized spacial score (nSPS) is 12.8. The first-order chi connectivity index (χ1) is 8.13. The molecule has 3 nitrogen and oxygen atoms in total. The summed E-state index contributed by atoms with van der Waals surface area (Å²) in [5, 5.41) is 0. The summed E-state index contributed by atoms with van der Waals surface area (Å²) in [4.78, 5) is 0. The van der Waals surface area contributed by atoms with Crippen LogP contribution in [0.3, 0.4) is 0 Å². The molecule has 0 saturated heterocycles.